The Labute approximate surface area is 503 Å². The van der Waals surface area contributed by atoms with Crippen molar-refractivity contribution in [1.29, 1.82) is 0 Å². The molecule has 440 valence electrons. The molecule has 4 aliphatic rings. The average molecular weight is 1320 g/mol. The highest BCUT2D eigenvalue weighted by molar-refractivity contribution is 8.13. The third-order valence-electron chi connectivity index (χ3n) is 12.5. The number of piperidine rings is 3. The third-order valence-corrected chi connectivity index (χ3v) is 19.3. The van der Waals surface area contributed by atoms with Gasteiger partial charge in [-0.2, -0.15) is 8.61 Å². The highest BCUT2D eigenvalue weighted by Gasteiger charge is 2.48. The third kappa shape index (κ3) is 19.5. The predicted octanol–water partition coefficient (Wildman–Crippen LogP) is 7.69. The monoisotopic (exact) mass is 1320 g/mol. The summed E-state index contributed by atoms with van der Waals surface area (Å²) in [6, 6.07) is 26.5. The van der Waals surface area contributed by atoms with Gasteiger partial charge in [-0.25, -0.2) is 25.3 Å². The maximum absolute atomic E-state index is 13.1. The molecule has 8 N–H and O–H groups in total. The van der Waals surface area contributed by atoms with E-state index in [0.717, 1.165) is 61.3 Å². The Morgan fingerprint density at radius 1 is 0.580 bits per heavy atom. The Kier molecular flexibility index (Phi) is 25.2. The minimum absolute atomic E-state index is 0.0493. The summed E-state index contributed by atoms with van der Waals surface area (Å²) in [6.07, 6.45) is 2.81. The number of ketones is 2. The summed E-state index contributed by atoms with van der Waals surface area (Å²) >= 11 is 34.2. The van der Waals surface area contributed by atoms with E-state index in [1.807, 2.05) is 60.7 Å². The summed E-state index contributed by atoms with van der Waals surface area (Å²) in [5.74, 6) is -0.999. The van der Waals surface area contributed by atoms with E-state index in [1.54, 1.807) is 0 Å². The van der Waals surface area contributed by atoms with Crippen LogP contribution in [-0.2, 0) is 61.4 Å². The smallest absolute Gasteiger partial charge is 0.261 e. The second-order valence-electron chi connectivity index (χ2n) is 18.3. The van der Waals surface area contributed by atoms with Gasteiger partial charge in [0.05, 0.1) is 63.6 Å². The topological polar surface area (TPSA) is 303 Å². The van der Waals surface area contributed by atoms with Crippen LogP contribution in [0.1, 0.15) is 49.7 Å². The highest BCUT2D eigenvalue weighted by atomic mass is 35.7. The number of nitrogens with one attached hydrogen (secondary N) is 3. The molecule has 2 amide bonds. The van der Waals surface area contributed by atoms with Crippen LogP contribution >= 0.6 is 80.3 Å². The van der Waals surface area contributed by atoms with Crippen LogP contribution < -0.4 is 21.7 Å². The fourth-order valence-corrected chi connectivity index (χ4v) is 13.8. The van der Waals surface area contributed by atoms with Crippen LogP contribution in [0.2, 0.25) is 30.1 Å². The summed E-state index contributed by atoms with van der Waals surface area (Å²) in [4.78, 5) is 45.8. The van der Waals surface area contributed by atoms with E-state index in [0.29, 0.717) is 31.7 Å². The molecule has 1 spiro atoms. The number of hydrogen-bond donors (Lipinski definition) is 7. The molecule has 4 saturated heterocycles. The molecule has 4 fully saturated rings. The number of phenols is 3. The largest absolute Gasteiger partial charge is 0.505 e. The van der Waals surface area contributed by atoms with Gasteiger partial charge in [0.25, 0.3) is 9.05 Å². The van der Waals surface area contributed by atoms with E-state index >= 15 is 0 Å². The number of halogens is 7. The molecule has 4 aliphatic heterocycles. The summed E-state index contributed by atoms with van der Waals surface area (Å²) in [5.41, 5.74) is 6.63. The zero-order chi connectivity index (χ0) is 59.9. The van der Waals surface area contributed by atoms with Crippen LogP contribution in [0.4, 0.5) is 0 Å². The van der Waals surface area contributed by atoms with Crippen molar-refractivity contribution < 1.29 is 59.8 Å². The molecule has 0 atom stereocenters. The van der Waals surface area contributed by atoms with E-state index in [2.05, 4.69) is 20.9 Å². The Hall–Kier alpha value is -4.54. The zero-order valence-electron chi connectivity index (χ0n) is 42.8. The van der Waals surface area contributed by atoms with E-state index < -0.39 is 34.8 Å². The highest BCUT2D eigenvalue weighted by Crippen LogP contribution is 2.39. The van der Waals surface area contributed by atoms with Gasteiger partial charge in [0, 0.05) is 88.7 Å². The van der Waals surface area contributed by atoms with E-state index in [4.69, 9.17) is 91.1 Å². The maximum Gasteiger partial charge on any atom is 0.261 e. The number of hydrogen-bond acceptors (Lipinski definition) is 16. The van der Waals surface area contributed by atoms with Crippen molar-refractivity contribution in [3.63, 3.8) is 0 Å². The summed E-state index contributed by atoms with van der Waals surface area (Å²) in [6.45, 7) is 4.36. The Morgan fingerprint density at radius 3 is 1.35 bits per heavy atom. The second-order valence-corrected chi connectivity index (χ2v) is 27.1. The van der Waals surface area contributed by atoms with Gasteiger partial charge in [-0.15, -0.1) is 0 Å². The number of rotatable bonds is 11. The van der Waals surface area contributed by atoms with E-state index in [1.165, 1.54) is 20.7 Å². The molecule has 0 saturated carbocycles. The predicted molar refractivity (Wildman–Crippen MR) is 311 cm³/mol. The number of sulfonamides is 2. The molecule has 0 unspecified atom stereocenters. The van der Waals surface area contributed by atoms with Crippen molar-refractivity contribution in [3.05, 3.63) is 138 Å². The Bertz CT molecular complexity index is 3320. The van der Waals surface area contributed by atoms with Gasteiger partial charge in [0.1, 0.15) is 11.6 Å². The first-order valence-corrected chi connectivity index (χ1v) is 31.9. The van der Waals surface area contributed by atoms with Gasteiger partial charge in [-0.1, -0.05) is 130 Å². The van der Waals surface area contributed by atoms with Crippen LogP contribution in [0.25, 0.3) is 0 Å². The zero-order valence-corrected chi connectivity index (χ0v) is 50.5. The van der Waals surface area contributed by atoms with Crippen molar-refractivity contribution in [1.82, 2.24) is 29.5 Å². The first kappa shape index (κ1) is 67.3. The van der Waals surface area contributed by atoms with Gasteiger partial charge < -0.3 is 37.0 Å². The lowest BCUT2D eigenvalue weighted by Gasteiger charge is -2.43. The quantitative estimate of drug-likeness (QED) is 0.0623. The lowest BCUT2D eigenvalue weighted by Crippen LogP contribution is -2.58. The molecule has 0 aromatic heterocycles. The van der Waals surface area contributed by atoms with Gasteiger partial charge in [-0.05, 0) is 60.4 Å². The number of phenolic OH excluding ortho intramolecular Hbond substituents is 3. The SMILES string of the molecule is NC(=O)CNCc1ccccc1.O=C1CCN(S(=O)(=O)c2cc(Cl)c(O)c(Cl)c2)CC1.O=C1CCNCC1.O=C1CN(Cc2ccccc2)C2(CCN(S(=O)(=O)c3cc(Cl)c(O)c(Cl)c3)CC2)N1.O=S(=O)(Cl)c1cc(Cl)c(O)c(Cl)c1. The molecule has 0 radical (unpaired) electrons. The molecule has 4 heterocycles. The van der Waals surface area contributed by atoms with Crippen LogP contribution in [0.5, 0.6) is 17.2 Å². The number of primary amides is 1. The first-order chi connectivity index (χ1) is 38.0. The van der Waals surface area contributed by atoms with Gasteiger partial charge in [-0.3, -0.25) is 24.1 Å². The second kappa shape index (κ2) is 30.3. The van der Waals surface area contributed by atoms with Crippen molar-refractivity contribution >= 4 is 133 Å². The summed E-state index contributed by atoms with van der Waals surface area (Å²) in [7, 11) is -6.43. The van der Waals surface area contributed by atoms with Gasteiger partial charge in [0.15, 0.2) is 17.2 Å². The summed E-state index contributed by atoms with van der Waals surface area (Å²) in [5, 5.41) is 36.5. The van der Waals surface area contributed by atoms with Crippen LogP contribution in [0, 0.1) is 0 Å². The lowest BCUT2D eigenvalue weighted by atomic mass is 9.97. The number of benzene rings is 5. The molecule has 30 heteroatoms. The van der Waals surface area contributed by atoms with Crippen LogP contribution in [0.15, 0.2) is 112 Å². The van der Waals surface area contributed by atoms with Crippen molar-refractivity contribution in [2.45, 2.75) is 72.0 Å². The number of nitrogens with two attached hydrogens (primary N) is 1. The maximum atomic E-state index is 13.1. The van der Waals surface area contributed by atoms with Gasteiger partial charge in [0.2, 0.25) is 31.9 Å². The number of carbonyl (C=O) groups is 4. The Balaban J connectivity index is 0.000000202. The molecular formula is C51H56Cl7N7O13S3. The minimum Gasteiger partial charge on any atom is -0.505 e. The van der Waals surface area contributed by atoms with Crippen molar-refractivity contribution in [2.75, 3.05) is 52.4 Å². The molecule has 0 bridgehead atoms. The van der Waals surface area contributed by atoms with Crippen LogP contribution in [0.3, 0.4) is 0 Å². The fraction of sp³-hybridized carbons (Fsp3) is 0.333. The van der Waals surface area contributed by atoms with Gasteiger partial charge >= 0.3 is 0 Å². The molecule has 20 nitrogen and oxygen atoms in total. The standard InChI is InChI=1S/C20H21Cl2N3O4S.C11H11Cl2NO4S.C9H12N2O.C6H3Cl3O3S.C5H9NO/c21-16-10-15(11-17(22)19(16)27)30(28,29)25-8-6-20(7-9-25)23-18(26)13-24(20)12-14-4-2-1-3-5-14;12-9-5-8(6-10(13)11(9)16)19(17,18)14-3-1-7(15)2-4-14;10-9(12)7-11-6-8-4-2-1-3-5-8;7-4-1-3(13(9,11)12)2-5(8)6(4)10;7-5-1-3-6-4-2-5/h1-5,10-11,27H,6-9,12-13H2,(H,23,26);5-6,16H,1-4H2;1-5,11H,6-7H2,(H2,10,12);1-2,10H;6H,1-4H2. The Morgan fingerprint density at radius 2 is 0.963 bits per heavy atom. The number of nitrogens with zero attached hydrogens (tertiary/aromatic N) is 3. The molecule has 5 aromatic carbocycles. The molecule has 81 heavy (non-hydrogen) atoms. The molecule has 9 rings (SSSR count). The molecular weight excluding hydrogens is 1260 g/mol. The average Bonchev–Trinajstić information content (AvgIpc) is 3.96. The van der Waals surface area contributed by atoms with Crippen molar-refractivity contribution in [3.8, 4) is 17.2 Å². The normalized spacial score (nSPS) is 16.8. The minimum atomic E-state index is -3.87. The number of carbonyl (C=O) groups excluding carboxylic acids is 4. The first-order valence-electron chi connectivity index (χ1n) is 24.4. The molecule has 0 aliphatic carbocycles. The fourth-order valence-electron chi connectivity index (χ4n) is 8.22. The number of Topliss-reactive ketones (excluding diaryl/α,β-unsaturated/α-hetero) is 2. The lowest BCUT2D eigenvalue weighted by molar-refractivity contribution is -0.121. The van der Waals surface area contributed by atoms with E-state index in [-0.39, 0.29) is 132 Å². The summed E-state index contributed by atoms with van der Waals surface area (Å²) < 4.78 is 75.0. The van der Waals surface area contributed by atoms with Crippen LogP contribution in [-0.4, -0.2) is 135 Å². The number of amides is 2. The van der Waals surface area contributed by atoms with E-state index in [9.17, 15) is 54.6 Å². The van der Waals surface area contributed by atoms with Crippen molar-refractivity contribution in [2.24, 2.45) is 5.73 Å². The number of aromatic hydroxyl groups is 3. The molecule has 5 aromatic rings.